The largest absolute Gasteiger partial charge is 0.385 e. The van der Waals surface area contributed by atoms with E-state index in [9.17, 15) is 14.4 Å². The summed E-state index contributed by atoms with van der Waals surface area (Å²) in [7, 11) is 1.88. The van der Waals surface area contributed by atoms with Crippen LogP contribution in [-0.2, 0) is 33.3 Å². The number of hydroxylamine groups is 1. The van der Waals surface area contributed by atoms with Crippen molar-refractivity contribution in [1.29, 1.82) is 0 Å². The number of unbranched alkanes of at least 4 members (excludes halogenated alkanes) is 2. The lowest BCUT2D eigenvalue weighted by molar-refractivity contribution is -0.126. The summed E-state index contributed by atoms with van der Waals surface area (Å²) in [5, 5.41) is 20.4. The molecule has 14 heteroatoms. The van der Waals surface area contributed by atoms with Crippen LogP contribution in [0.2, 0.25) is 0 Å². The zero-order chi connectivity index (χ0) is 29.7. The van der Waals surface area contributed by atoms with E-state index in [4.69, 9.17) is 29.9 Å². The van der Waals surface area contributed by atoms with Gasteiger partial charge in [0.1, 0.15) is 12.9 Å². The molecule has 2 atom stereocenters. The number of amides is 2. The van der Waals surface area contributed by atoms with Crippen molar-refractivity contribution in [2.24, 2.45) is 5.73 Å². The van der Waals surface area contributed by atoms with Gasteiger partial charge in [0.05, 0.1) is 58.3 Å². The monoisotopic (exact) mass is 576 g/mol. The average molecular weight is 577 g/mol. The predicted molar refractivity (Wildman–Crippen MR) is 151 cm³/mol. The molecule has 0 rings (SSSR count). The Labute approximate surface area is 238 Å². The Morgan fingerprint density at radius 3 is 2.05 bits per heavy atom. The van der Waals surface area contributed by atoms with Crippen molar-refractivity contribution in [2.75, 3.05) is 86.1 Å². The number of carbonyl (C=O) groups excluding carboxylic acids is 3. The van der Waals surface area contributed by atoms with Gasteiger partial charge in [-0.15, -0.1) is 0 Å². The summed E-state index contributed by atoms with van der Waals surface area (Å²) in [5.41, 5.74) is 8.60. The first-order valence-corrected chi connectivity index (χ1v) is 14.0. The highest BCUT2D eigenvalue weighted by atomic mass is 16.5. The molecule has 0 aromatic rings. The number of carbonyl (C=O) groups is 3. The Kier molecular flexibility index (Phi) is 26.8. The molecule has 2 unspecified atom stereocenters. The molecule has 0 radical (unpaired) electrons. The van der Waals surface area contributed by atoms with E-state index in [1.54, 1.807) is 0 Å². The summed E-state index contributed by atoms with van der Waals surface area (Å²) < 4.78 is 21.6. The van der Waals surface area contributed by atoms with Gasteiger partial charge < -0.3 is 56.0 Å². The highest BCUT2D eigenvalue weighted by Crippen LogP contribution is 2.00. The van der Waals surface area contributed by atoms with Crippen LogP contribution in [0.3, 0.4) is 0 Å². The molecule has 0 aliphatic rings. The molecule has 0 saturated carbocycles. The van der Waals surface area contributed by atoms with Crippen LogP contribution in [0.1, 0.15) is 38.5 Å². The van der Waals surface area contributed by atoms with E-state index in [0.717, 1.165) is 12.2 Å². The van der Waals surface area contributed by atoms with Crippen LogP contribution in [0.5, 0.6) is 0 Å². The summed E-state index contributed by atoms with van der Waals surface area (Å²) in [6.45, 7) is 9.49. The molecular weight excluding hydrogens is 524 g/mol. The van der Waals surface area contributed by atoms with Gasteiger partial charge in [-0.1, -0.05) is 6.58 Å². The van der Waals surface area contributed by atoms with Crippen molar-refractivity contribution < 1.29 is 38.5 Å². The van der Waals surface area contributed by atoms with Crippen molar-refractivity contribution in [3.8, 4) is 0 Å². The molecule has 0 bridgehead atoms. The van der Waals surface area contributed by atoms with Gasteiger partial charge in [0.15, 0.2) is 0 Å². The molecule has 0 heterocycles. The SMILES string of the molecule is C=C(COCCOCCNC)NCCOCCOCC(=O)NCCCCC(N)C(=O)NCCCCC(C=O)NO. The van der Waals surface area contributed by atoms with E-state index in [-0.39, 0.29) is 18.4 Å². The minimum absolute atomic E-state index is 0.0433. The third-order valence-corrected chi connectivity index (χ3v) is 5.54. The van der Waals surface area contributed by atoms with Gasteiger partial charge in [0.2, 0.25) is 11.8 Å². The molecule has 0 aromatic carbocycles. The van der Waals surface area contributed by atoms with Gasteiger partial charge in [-0.2, -0.15) is 5.48 Å². The average Bonchev–Trinajstić information content (AvgIpc) is 2.95. The van der Waals surface area contributed by atoms with E-state index in [2.05, 4.69) is 27.8 Å². The van der Waals surface area contributed by atoms with E-state index in [1.807, 2.05) is 12.5 Å². The molecule has 0 saturated heterocycles. The number of hydrogen-bond donors (Lipinski definition) is 7. The second kappa shape index (κ2) is 28.4. The van der Waals surface area contributed by atoms with Crippen LogP contribution >= 0.6 is 0 Å². The van der Waals surface area contributed by atoms with E-state index in [0.29, 0.717) is 111 Å². The quantitative estimate of drug-likeness (QED) is 0.0308. The zero-order valence-electron chi connectivity index (χ0n) is 24.0. The van der Waals surface area contributed by atoms with Gasteiger partial charge in [0, 0.05) is 31.9 Å². The highest BCUT2D eigenvalue weighted by molar-refractivity contribution is 5.81. The second-order valence-electron chi connectivity index (χ2n) is 9.07. The third-order valence-electron chi connectivity index (χ3n) is 5.54. The van der Waals surface area contributed by atoms with Crippen LogP contribution in [0, 0.1) is 0 Å². The van der Waals surface area contributed by atoms with Crippen molar-refractivity contribution in [3.05, 3.63) is 12.3 Å². The minimum atomic E-state index is -0.610. The van der Waals surface area contributed by atoms with Crippen LogP contribution in [0.4, 0.5) is 0 Å². The Morgan fingerprint density at radius 1 is 0.800 bits per heavy atom. The second-order valence-corrected chi connectivity index (χ2v) is 9.07. The van der Waals surface area contributed by atoms with E-state index >= 15 is 0 Å². The van der Waals surface area contributed by atoms with Crippen LogP contribution in [-0.4, -0.2) is 121 Å². The Balaban J connectivity index is 3.49. The standard InChI is InChI=1S/C26H52N6O8/c1-22(20-39-17-15-37-13-11-28-2)29-12-14-38-16-18-40-21-25(34)30-9-6-4-8-24(27)26(35)31-10-5-3-7-23(19-33)32-36/h19,23-24,28-29,32,36H,1,3-18,20-21,27H2,2H3,(H,30,34)(H,31,35). The number of aldehydes is 1. The molecule has 234 valence electrons. The van der Waals surface area contributed by atoms with Crippen LogP contribution < -0.4 is 32.5 Å². The van der Waals surface area contributed by atoms with Gasteiger partial charge in [0.25, 0.3) is 0 Å². The summed E-state index contributed by atoms with van der Waals surface area (Å²) in [4.78, 5) is 34.4. The van der Waals surface area contributed by atoms with Crippen LogP contribution in [0.25, 0.3) is 0 Å². The first-order chi connectivity index (χ1) is 19.4. The highest BCUT2D eigenvalue weighted by Gasteiger charge is 2.12. The molecule has 2 amide bonds. The molecule has 0 spiro atoms. The number of nitrogens with two attached hydrogens (primary N) is 1. The maximum atomic E-state index is 12.0. The molecule has 0 aliphatic carbocycles. The van der Waals surface area contributed by atoms with Crippen molar-refractivity contribution in [3.63, 3.8) is 0 Å². The topological polar surface area (TPSA) is 195 Å². The number of nitrogens with one attached hydrogen (secondary N) is 5. The maximum Gasteiger partial charge on any atom is 0.245 e. The fourth-order valence-electron chi connectivity index (χ4n) is 3.22. The van der Waals surface area contributed by atoms with Gasteiger partial charge in [-0.25, -0.2) is 0 Å². The lowest BCUT2D eigenvalue weighted by atomic mass is 10.1. The van der Waals surface area contributed by atoms with Crippen molar-refractivity contribution in [1.82, 2.24) is 26.7 Å². The fourth-order valence-corrected chi connectivity index (χ4v) is 3.22. The lowest BCUT2D eigenvalue weighted by Gasteiger charge is -2.13. The molecule has 0 aromatic heterocycles. The predicted octanol–water partition coefficient (Wildman–Crippen LogP) is -1.18. The Hall–Kier alpha value is -2.17. The van der Waals surface area contributed by atoms with Crippen LogP contribution in [0.15, 0.2) is 12.3 Å². The normalized spacial score (nSPS) is 12.5. The van der Waals surface area contributed by atoms with Gasteiger partial charge in [-0.3, -0.25) is 9.59 Å². The van der Waals surface area contributed by atoms with Gasteiger partial charge in [-0.05, 0) is 45.6 Å². The smallest absolute Gasteiger partial charge is 0.245 e. The molecule has 8 N–H and O–H groups in total. The third kappa shape index (κ3) is 24.8. The number of ether oxygens (including phenoxy) is 4. The fraction of sp³-hybridized carbons (Fsp3) is 0.808. The molecule has 14 nitrogen and oxygen atoms in total. The number of hydrogen-bond acceptors (Lipinski definition) is 12. The molecule has 0 fully saturated rings. The number of likely N-dealkylation sites (N-methyl/N-ethyl adjacent to an activating group) is 1. The summed E-state index contributed by atoms with van der Waals surface area (Å²) >= 11 is 0. The zero-order valence-corrected chi connectivity index (χ0v) is 24.0. The lowest BCUT2D eigenvalue weighted by Crippen LogP contribution is -2.41. The molecule has 40 heavy (non-hydrogen) atoms. The Morgan fingerprint density at radius 2 is 1.40 bits per heavy atom. The molecule has 0 aliphatic heterocycles. The van der Waals surface area contributed by atoms with E-state index in [1.165, 1.54) is 0 Å². The first kappa shape index (κ1) is 37.8. The van der Waals surface area contributed by atoms with Crippen molar-refractivity contribution in [2.45, 2.75) is 50.6 Å². The van der Waals surface area contributed by atoms with Crippen molar-refractivity contribution >= 4 is 18.1 Å². The van der Waals surface area contributed by atoms with Gasteiger partial charge >= 0.3 is 0 Å². The first-order valence-electron chi connectivity index (χ1n) is 14.0. The summed E-state index contributed by atoms with van der Waals surface area (Å²) in [6, 6.07) is -1.19. The minimum Gasteiger partial charge on any atom is -0.385 e. The maximum absolute atomic E-state index is 12.0. The number of rotatable bonds is 30. The van der Waals surface area contributed by atoms with E-state index < -0.39 is 12.1 Å². The molecular formula is C26H52N6O8. The summed E-state index contributed by atoms with van der Waals surface area (Å²) in [6.07, 6.45) is 4.41. The Bertz CT molecular complexity index is 659. The summed E-state index contributed by atoms with van der Waals surface area (Å²) in [5.74, 6) is -0.431.